The normalized spacial score (nSPS) is 21.5. The summed E-state index contributed by atoms with van der Waals surface area (Å²) < 4.78 is 1.33. The highest BCUT2D eigenvalue weighted by atomic mass is 35.5. The van der Waals surface area contributed by atoms with Crippen molar-refractivity contribution in [2.75, 3.05) is 0 Å². The Balaban J connectivity index is 2.01. The van der Waals surface area contributed by atoms with Gasteiger partial charge >= 0.3 is 5.69 Å². The van der Waals surface area contributed by atoms with Gasteiger partial charge in [0.1, 0.15) is 5.15 Å². The van der Waals surface area contributed by atoms with Crippen LogP contribution in [0.2, 0.25) is 5.15 Å². The van der Waals surface area contributed by atoms with Gasteiger partial charge in [-0.3, -0.25) is 14.3 Å². The Morgan fingerprint density at radius 2 is 2.06 bits per heavy atom. The van der Waals surface area contributed by atoms with Crippen molar-refractivity contribution in [3.8, 4) is 0 Å². The third-order valence-electron chi connectivity index (χ3n) is 4.17. The standard InChI is InChI=1S/C12H15ClN2O2/c1-7-9(13)14-11(17)15(10(7)16)6-12(4-5-12)8-2-3-8/h8H,2-6H2,1H3,(H,14,17). The summed E-state index contributed by atoms with van der Waals surface area (Å²) in [7, 11) is 0. The summed E-state index contributed by atoms with van der Waals surface area (Å²) >= 11 is 5.78. The zero-order valence-corrected chi connectivity index (χ0v) is 10.5. The molecule has 1 N–H and O–H groups in total. The number of hydrogen-bond acceptors (Lipinski definition) is 2. The Bertz CT molecular complexity index is 579. The van der Waals surface area contributed by atoms with E-state index in [1.54, 1.807) is 6.92 Å². The summed E-state index contributed by atoms with van der Waals surface area (Å²) in [5, 5.41) is 0.160. The van der Waals surface area contributed by atoms with E-state index in [0.29, 0.717) is 12.1 Å². The Kier molecular flexibility index (Phi) is 2.27. The molecule has 0 saturated heterocycles. The fourth-order valence-corrected chi connectivity index (χ4v) is 2.82. The van der Waals surface area contributed by atoms with Crippen LogP contribution in [0.1, 0.15) is 31.2 Å². The summed E-state index contributed by atoms with van der Waals surface area (Å²) in [4.78, 5) is 26.3. The smallest absolute Gasteiger partial charge is 0.297 e. The fraction of sp³-hybridized carbons (Fsp3) is 0.667. The predicted molar refractivity (Wildman–Crippen MR) is 65.5 cm³/mol. The van der Waals surface area contributed by atoms with Crippen LogP contribution in [0.3, 0.4) is 0 Å². The van der Waals surface area contributed by atoms with Crippen LogP contribution in [0.4, 0.5) is 0 Å². The van der Waals surface area contributed by atoms with Gasteiger partial charge < -0.3 is 0 Å². The van der Waals surface area contributed by atoms with E-state index in [2.05, 4.69) is 4.98 Å². The third kappa shape index (κ3) is 1.75. The molecule has 1 heterocycles. The van der Waals surface area contributed by atoms with Crippen molar-refractivity contribution in [1.82, 2.24) is 9.55 Å². The lowest BCUT2D eigenvalue weighted by molar-refractivity contribution is 0.355. The van der Waals surface area contributed by atoms with Crippen LogP contribution in [0.5, 0.6) is 0 Å². The molecule has 92 valence electrons. The molecule has 2 saturated carbocycles. The number of hydrogen-bond donors (Lipinski definition) is 1. The average Bonchev–Trinajstić information content (AvgIpc) is 3.13. The monoisotopic (exact) mass is 254 g/mol. The number of halogens is 1. The van der Waals surface area contributed by atoms with Crippen molar-refractivity contribution in [3.05, 3.63) is 31.6 Å². The van der Waals surface area contributed by atoms with Crippen LogP contribution >= 0.6 is 11.6 Å². The third-order valence-corrected chi connectivity index (χ3v) is 4.54. The maximum absolute atomic E-state index is 12.0. The molecule has 2 aliphatic rings. The summed E-state index contributed by atoms with van der Waals surface area (Å²) in [6, 6.07) is 0. The molecule has 0 aromatic carbocycles. The molecule has 0 aliphatic heterocycles. The lowest BCUT2D eigenvalue weighted by atomic mass is 10.0. The first-order valence-electron chi connectivity index (χ1n) is 6.03. The molecular weight excluding hydrogens is 240 g/mol. The minimum absolute atomic E-state index is 0.160. The van der Waals surface area contributed by atoms with Gasteiger partial charge in [0.2, 0.25) is 0 Å². The second-order valence-corrected chi connectivity index (χ2v) is 5.78. The number of aromatic amines is 1. The van der Waals surface area contributed by atoms with Crippen LogP contribution in [-0.4, -0.2) is 9.55 Å². The van der Waals surface area contributed by atoms with Crippen LogP contribution in [0.15, 0.2) is 9.59 Å². The highest BCUT2D eigenvalue weighted by Crippen LogP contribution is 2.61. The Labute approximate surface area is 104 Å². The maximum atomic E-state index is 12.0. The lowest BCUT2D eigenvalue weighted by Crippen LogP contribution is -2.39. The number of nitrogens with one attached hydrogen (secondary N) is 1. The zero-order chi connectivity index (χ0) is 12.2. The van der Waals surface area contributed by atoms with Gasteiger partial charge in [-0.2, -0.15) is 0 Å². The molecule has 3 rings (SSSR count). The molecule has 4 nitrogen and oxygen atoms in total. The average molecular weight is 255 g/mol. The second kappa shape index (κ2) is 3.48. The second-order valence-electron chi connectivity index (χ2n) is 5.40. The van der Waals surface area contributed by atoms with Crippen molar-refractivity contribution in [2.24, 2.45) is 11.3 Å². The van der Waals surface area contributed by atoms with Gasteiger partial charge in [0, 0.05) is 12.1 Å². The Morgan fingerprint density at radius 3 is 2.59 bits per heavy atom. The van der Waals surface area contributed by atoms with E-state index >= 15 is 0 Å². The largest absolute Gasteiger partial charge is 0.329 e. The summed E-state index contributed by atoms with van der Waals surface area (Å²) in [6.07, 6.45) is 4.79. The molecule has 0 spiro atoms. The van der Waals surface area contributed by atoms with Crippen molar-refractivity contribution >= 4 is 11.6 Å². The first kappa shape index (κ1) is 11.1. The van der Waals surface area contributed by atoms with E-state index in [0.717, 1.165) is 18.8 Å². The van der Waals surface area contributed by atoms with E-state index in [9.17, 15) is 9.59 Å². The molecule has 0 bridgehead atoms. The van der Waals surface area contributed by atoms with Gasteiger partial charge in [0.25, 0.3) is 5.56 Å². The molecule has 0 atom stereocenters. The molecule has 0 unspecified atom stereocenters. The van der Waals surface area contributed by atoms with Crippen molar-refractivity contribution < 1.29 is 0 Å². The molecule has 5 heteroatoms. The first-order valence-corrected chi connectivity index (χ1v) is 6.40. The van der Waals surface area contributed by atoms with Crippen LogP contribution in [0.25, 0.3) is 0 Å². The molecule has 2 fully saturated rings. The van der Waals surface area contributed by atoms with Crippen molar-refractivity contribution in [2.45, 2.75) is 39.2 Å². The van der Waals surface area contributed by atoms with E-state index in [-0.39, 0.29) is 21.8 Å². The molecular formula is C12H15ClN2O2. The van der Waals surface area contributed by atoms with E-state index in [1.165, 1.54) is 17.4 Å². The SMILES string of the molecule is Cc1c(Cl)[nH]c(=O)n(CC2(C3CC3)CC2)c1=O. The predicted octanol–water partition coefficient (Wildman–Crippen LogP) is 1.69. The lowest BCUT2D eigenvalue weighted by Gasteiger charge is -2.15. The first-order chi connectivity index (χ1) is 8.03. The minimum atomic E-state index is -0.377. The Hall–Kier alpha value is -1.03. The van der Waals surface area contributed by atoms with Crippen LogP contribution < -0.4 is 11.2 Å². The maximum Gasteiger partial charge on any atom is 0.329 e. The molecule has 0 radical (unpaired) electrons. The van der Waals surface area contributed by atoms with Gasteiger partial charge in [-0.15, -0.1) is 0 Å². The van der Waals surface area contributed by atoms with Crippen molar-refractivity contribution in [1.29, 1.82) is 0 Å². The number of nitrogens with zero attached hydrogens (tertiary/aromatic N) is 1. The highest BCUT2D eigenvalue weighted by Gasteiger charge is 2.54. The molecule has 1 aromatic rings. The topological polar surface area (TPSA) is 54.9 Å². The highest BCUT2D eigenvalue weighted by molar-refractivity contribution is 6.30. The zero-order valence-electron chi connectivity index (χ0n) is 9.75. The quantitative estimate of drug-likeness (QED) is 0.835. The number of H-pyrrole nitrogens is 1. The fourth-order valence-electron chi connectivity index (χ4n) is 2.65. The van der Waals surface area contributed by atoms with E-state index in [4.69, 9.17) is 11.6 Å². The molecule has 0 amide bonds. The van der Waals surface area contributed by atoms with Crippen LogP contribution in [0, 0.1) is 18.3 Å². The molecule has 1 aromatic heterocycles. The molecule has 17 heavy (non-hydrogen) atoms. The van der Waals surface area contributed by atoms with Crippen molar-refractivity contribution in [3.63, 3.8) is 0 Å². The van der Waals surface area contributed by atoms with Gasteiger partial charge in [-0.1, -0.05) is 11.6 Å². The number of rotatable bonds is 3. The molecule has 2 aliphatic carbocycles. The van der Waals surface area contributed by atoms with Gasteiger partial charge in [-0.05, 0) is 43.9 Å². The van der Waals surface area contributed by atoms with Gasteiger partial charge in [0.15, 0.2) is 0 Å². The van der Waals surface area contributed by atoms with E-state index < -0.39 is 0 Å². The summed E-state index contributed by atoms with van der Waals surface area (Å²) in [5.74, 6) is 0.727. The van der Waals surface area contributed by atoms with Gasteiger partial charge in [-0.25, -0.2) is 4.79 Å². The summed E-state index contributed by atoms with van der Waals surface area (Å²) in [6.45, 7) is 2.21. The Morgan fingerprint density at radius 1 is 1.41 bits per heavy atom. The van der Waals surface area contributed by atoms with E-state index in [1.807, 2.05) is 0 Å². The van der Waals surface area contributed by atoms with Gasteiger partial charge in [0.05, 0.1) is 0 Å². The minimum Gasteiger partial charge on any atom is -0.297 e. The number of aromatic nitrogens is 2. The van der Waals surface area contributed by atoms with Crippen LogP contribution in [-0.2, 0) is 6.54 Å². The summed E-state index contributed by atoms with van der Waals surface area (Å²) in [5.41, 5.74) is 0.0398.